The molecule has 0 radical (unpaired) electrons. The van der Waals surface area contributed by atoms with Crippen molar-refractivity contribution in [2.45, 2.75) is 0 Å². The fraction of sp³-hybridized carbons (Fsp3) is 0. The second kappa shape index (κ2) is 3.52. The molecule has 17 heavy (non-hydrogen) atoms. The molecule has 2 N–H and O–H groups in total. The number of hydrogen-bond donors (Lipinski definition) is 1. The van der Waals surface area contributed by atoms with Gasteiger partial charge in [-0.1, -0.05) is 11.6 Å². The summed E-state index contributed by atoms with van der Waals surface area (Å²) >= 11 is 5.54. The quantitative estimate of drug-likeness (QED) is 0.476. The topological polar surface area (TPSA) is 142 Å². The van der Waals surface area contributed by atoms with Crippen LogP contribution in [-0.4, -0.2) is 24.4 Å². The van der Waals surface area contributed by atoms with Gasteiger partial charge in [0.15, 0.2) is 0 Å². The van der Waals surface area contributed by atoms with E-state index in [0.717, 1.165) is 10.7 Å². The molecule has 2 heterocycles. The average molecular weight is 259 g/mol. The van der Waals surface area contributed by atoms with Gasteiger partial charge in [0.2, 0.25) is 16.6 Å². The van der Waals surface area contributed by atoms with E-state index in [1.54, 1.807) is 0 Å². The van der Waals surface area contributed by atoms with Crippen LogP contribution in [0.3, 0.4) is 0 Å². The van der Waals surface area contributed by atoms with Crippen LogP contribution in [0.5, 0.6) is 0 Å². The van der Waals surface area contributed by atoms with Crippen LogP contribution >= 0.6 is 11.6 Å². The van der Waals surface area contributed by atoms with Crippen LogP contribution in [0, 0.1) is 20.2 Å². The van der Waals surface area contributed by atoms with Crippen molar-refractivity contribution in [1.82, 2.24) is 14.6 Å². The smallest absolute Gasteiger partial charge is 0.348 e. The van der Waals surface area contributed by atoms with Gasteiger partial charge < -0.3 is 5.73 Å². The molecule has 2 aromatic heterocycles. The summed E-state index contributed by atoms with van der Waals surface area (Å²) in [5.41, 5.74) is 4.12. The molecule has 0 aromatic carbocycles. The maximum absolute atomic E-state index is 10.7. The normalized spacial score (nSPS) is 10.6. The van der Waals surface area contributed by atoms with Crippen molar-refractivity contribution in [3.05, 3.63) is 31.6 Å². The van der Waals surface area contributed by atoms with Gasteiger partial charge in [-0.25, -0.2) is 4.98 Å². The molecular weight excluding hydrogens is 256 g/mol. The van der Waals surface area contributed by atoms with Gasteiger partial charge in [0.25, 0.3) is 0 Å². The van der Waals surface area contributed by atoms with Gasteiger partial charge >= 0.3 is 11.4 Å². The first-order valence-electron chi connectivity index (χ1n) is 4.05. The van der Waals surface area contributed by atoms with E-state index < -0.39 is 32.2 Å². The number of aromatic nitrogens is 3. The van der Waals surface area contributed by atoms with Crippen molar-refractivity contribution >= 4 is 34.4 Å². The molecular formula is C6H3ClN6O4. The van der Waals surface area contributed by atoms with E-state index in [9.17, 15) is 20.2 Å². The Morgan fingerprint density at radius 1 is 1.35 bits per heavy atom. The molecule has 88 valence electrons. The second-order valence-corrected chi connectivity index (χ2v) is 3.27. The molecule has 0 aliphatic rings. The number of nitrogens with two attached hydrogens (primary N) is 1. The fourth-order valence-corrected chi connectivity index (χ4v) is 1.51. The number of fused-ring (bicyclic) bond motifs is 1. The number of nitrogen functional groups attached to an aromatic ring is 1. The van der Waals surface area contributed by atoms with Crippen LogP contribution in [-0.2, 0) is 0 Å². The molecule has 0 amide bonds. The Balaban J connectivity index is 2.88. The average Bonchev–Trinajstić information content (AvgIpc) is 2.60. The third-order valence-electron chi connectivity index (χ3n) is 1.97. The van der Waals surface area contributed by atoms with E-state index in [4.69, 9.17) is 17.3 Å². The largest absolute Gasteiger partial charge is 0.378 e. The van der Waals surface area contributed by atoms with Crippen molar-refractivity contribution < 1.29 is 9.85 Å². The van der Waals surface area contributed by atoms with Crippen molar-refractivity contribution in [1.29, 1.82) is 0 Å². The lowest BCUT2D eigenvalue weighted by Crippen LogP contribution is -2.06. The van der Waals surface area contributed by atoms with E-state index in [0.29, 0.717) is 0 Å². The molecule has 11 heteroatoms. The molecule has 0 atom stereocenters. The summed E-state index contributed by atoms with van der Waals surface area (Å²) in [7, 11) is 0. The van der Waals surface area contributed by atoms with E-state index in [1.165, 1.54) is 0 Å². The minimum Gasteiger partial charge on any atom is -0.378 e. The zero-order valence-electron chi connectivity index (χ0n) is 7.90. The zero-order chi connectivity index (χ0) is 12.7. The number of hydrogen-bond acceptors (Lipinski definition) is 7. The first-order valence-corrected chi connectivity index (χ1v) is 4.42. The molecule has 0 unspecified atom stereocenters. The molecule has 0 fully saturated rings. The highest BCUT2D eigenvalue weighted by atomic mass is 35.5. The van der Waals surface area contributed by atoms with E-state index in [2.05, 4.69) is 10.1 Å². The third kappa shape index (κ3) is 1.50. The summed E-state index contributed by atoms with van der Waals surface area (Å²) in [6.45, 7) is 0. The second-order valence-electron chi connectivity index (χ2n) is 2.92. The summed E-state index contributed by atoms with van der Waals surface area (Å²) in [6.07, 6.45) is 0.888. The van der Waals surface area contributed by atoms with Crippen LogP contribution < -0.4 is 5.73 Å². The number of halogens is 1. The maximum atomic E-state index is 10.7. The molecule has 0 aliphatic carbocycles. The van der Waals surface area contributed by atoms with Crippen LogP contribution in [0.1, 0.15) is 0 Å². The Labute approximate surface area is 96.9 Å². The fourth-order valence-electron chi connectivity index (χ4n) is 1.26. The zero-order valence-corrected chi connectivity index (χ0v) is 8.66. The van der Waals surface area contributed by atoms with Gasteiger partial charge in [0, 0.05) is 0 Å². The Morgan fingerprint density at radius 3 is 2.53 bits per heavy atom. The summed E-state index contributed by atoms with van der Waals surface area (Å²) in [5, 5.41) is 24.3. The first kappa shape index (κ1) is 11.0. The molecule has 2 rings (SSSR count). The Morgan fingerprint density at radius 2 is 2.00 bits per heavy atom. The Hall–Kier alpha value is -2.49. The maximum Gasteiger partial charge on any atom is 0.348 e. The summed E-state index contributed by atoms with van der Waals surface area (Å²) in [5.74, 6) is -0.418. The standard InChI is InChI=1S/C6H3ClN6O4/c7-4-3(13(16)17)5(8)11-6(10-4)2(1-9-11)12(14)15/h1H,8H2. The lowest BCUT2D eigenvalue weighted by atomic mass is 10.4. The highest BCUT2D eigenvalue weighted by Gasteiger charge is 2.27. The van der Waals surface area contributed by atoms with Gasteiger partial charge in [0.1, 0.15) is 6.20 Å². The number of nitro groups is 2. The Bertz CT molecular complexity index is 651. The highest BCUT2D eigenvalue weighted by Crippen LogP contribution is 2.31. The molecule has 0 bridgehead atoms. The third-order valence-corrected chi connectivity index (χ3v) is 2.24. The Kier molecular flexibility index (Phi) is 2.28. The molecule has 0 saturated heterocycles. The summed E-state index contributed by atoms with van der Waals surface area (Å²) < 4.78 is 0.794. The van der Waals surface area contributed by atoms with Gasteiger partial charge in [-0.2, -0.15) is 9.61 Å². The predicted molar refractivity (Wildman–Crippen MR) is 55.7 cm³/mol. The van der Waals surface area contributed by atoms with Crippen LogP contribution in [0.2, 0.25) is 5.15 Å². The van der Waals surface area contributed by atoms with E-state index in [-0.39, 0.29) is 5.65 Å². The number of rotatable bonds is 2. The van der Waals surface area contributed by atoms with Crippen molar-refractivity contribution in [2.75, 3.05) is 5.73 Å². The molecule has 0 spiro atoms. The first-order chi connectivity index (χ1) is 7.93. The van der Waals surface area contributed by atoms with E-state index >= 15 is 0 Å². The lowest BCUT2D eigenvalue weighted by Gasteiger charge is -2.00. The van der Waals surface area contributed by atoms with Crippen LogP contribution in [0.4, 0.5) is 17.2 Å². The minimum absolute atomic E-state index is 0.247. The number of anilines is 1. The molecule has 0 saturated carbocycles. The highest BCUT2D eigenvalue weighted by molar-refractivity contribution is 6.32. The van der Waals surface area contributed by atoms with Crippen molar-refractivity contribution in [3.8, 4) is 0 Å². The molecule has 10 nitrogen and oxygen atoms in total. The van der Waals surface area contributed by atoms with Gasteiger partial charge in [-0.15, -0.1) is 0 Å². The van der Waals surface area contributed by atoms with E-state index in [1.807, 2.05) is 0 Å². The number of nitrogens with zero attached hydrogens (tertiary/aromatic N) is 5. The molecule has 0 aliphatic heterocycles. The lowest BCUT2D eigenvalue weighted by molar-refractivity contribution is -0.384. The monoisotopic (exact) mass is 258 g/mol. The predicted octanol–water partition coefficient (Wildman–Crippen LogP) is 0.781. The van der Waals surface area contributed by atoms with Crippen LogP contribution in [0.15, 0.2) is 6.20 Å². The summed E-state index contributed by atoms with van der Waals surface area (Å²) in [6, 6.07) is 0. The van der Waals surface area contributed by atoms with Crippen LogP contribution in [0.25, 0.3) is 5.65 Å². The van der Waals surface area contributed by atoms with Crippen molar-refractivity contribution in [3.63, 3.8) is 0 Å². The SMILES string of the molecule is Nc1c([N+](=O)[O-])c(Cl)nc2c([N+](=O)[O-])cnn12. The summed E-state index contributed by atoms with van der Waals surface area (Å²) in [4.78, 5) is 23.2. The minimum atomic E-state index is -0.836. The van der Waals surface area contributed by atoms with Gasteiger partial charge in [0.05, 0.1) is 9.85 Å². The van der Waals surface area contributed by atoms with Gasteiger partial charge in [-0.3, -0.25) is 20.2 Å². The van der Waals surface area contributed by atoms with Gasteiger partial charge in [-0.05, 0) is 0 Å². The molecule has 2 aromatic rings. The van der Waals surface area contributed by atoms with Crippen molar-refractivity contribution in [2.24, 2.45) is 0 Å².